The van der Waals surface area contributed by atoms with Gasteiger partial charge in [-0.2, -0.15) is 0 Å². The van der Waals surface area contributed by atoms with Crippen molar-refractivity contribution in [3.05, 3.63) is 44.2 Å². The molecule has 25 heavy (non-hydrogen) atoms. The molecule has 8 nitrogen and oxygen atoms in total. The van der Waals surface area contributed by atoms with E-state index in [1.807, 2.05) is 6.92 Å². The molecule has 1 aromatic carbocycles. The summed E-state index contributed by atoms with van der Waals surface area (Å²) in [5.74, 6) is -3.22. The molecule has 0 bridgehead atoms. The molecule has 1 heterocycles. The van der Waals surface area contributed by atoms with Crippen LogP contribution in [-0.2, 0) is 0 Å². The Morgan fingerprint density at radius 1 is 1.24 bits per heavy atom. The molecule has 2 rings (SSSR count). The number of hydrogen-bond donors (Lipinski definition) is 4. The van der Waals surface area contributed by atoms with Gasteiger partial charge in [-0.15, -0.1) is 0 Å². The smallest absolute Gasteiger partial charge is 0.342 e. The summed E-state index contributed by atoms with van der Waals surface area (Å²) in [5, 5.41) is 18.9. The van der Waals surface area contributed by atoms with Crippen LogP contribution in [0.5, 0.6) is 5.75 Å². The zero-order valence-corrected chi connectivity index (χ0v) is 14.7. The van der Waals surface area contributed by atoms with Gasteiger partial charge in [-0.05, 0) is 24.6 Å². The Morgan fingerprint density at radius 3 is 2.44 bits per heavy atom. The fourth-order valence-corrected chi connectivity index (χ4v) is 2.69. The standard InChI is InChI=1S/C16H15BrN2O6/c1-2-5-25-9-6-7(17)3-4-8(9)10-11(15(21)22)13(18)19-14(20)12(10)16(23)24/h3-4,6H,2,5H2,1H3,(H,21,22)(H,23,24)(H3,18,19,20). The summed E-state index contributed by atoms with van der Waals surface area (Å²) < 4.78 is 6.25. The number of carbonyl (C=O) groups is 2. The maximum Gasteiger partial charge on any atom is 0.342 e. The van der Waals surface area contributed by atoms with Crippen LogP contribution in [0.2, 0.25) is 0 Å². The summed E-state index contributed by atoms with van der Waals surface area (Å²) in [6.07, 6.45) is 0.682. The molecule has 9 heteroatoms. The number of pyridine rings is 1. The lowest BCUT2D eigenvalue weighted by molar-refractivity contribution is 0.0695. The maximum atomic E-state index is 12.1. The van der Waals surface area contributed by atoms with Crippen LogP contribution in [0.25, 0.3) is 11.1 Å². The van der Waals surface area contributed by atoms with E-state index in [0.29, 0.717) is 17.5 Å². The predicted octanol–water partition coefficient (Wildman–Crippen LogP) is 2.57. The quantitative estimate of drug-likeness (QED) is 0.572. The number of H-pyrrole nitrogens is 1. The first-order chi connectivity index (χ1) is 11.8. The van der Waals surface area contributed by atoms with Crippen molar-refractivity contribution in [2.75, 3.05) is 12.3 Å². The van der Waals surface area contributed by atoms with Crippen molar-refractivity contribution in [3.63, 3.8) is 0 Å². The molecule has 1 aromatic heterocycles. The van der Waals surface area contributed by atoms with Crippen LogP contribution in [0.3, 0.4) is 0 Å². The van der Waals surface area contributed by atoms with E-state index < -0.39 is 34.4 Å². The minimum atomic E-state index is -1.57. The normalized spacial score (nSPS) is 10.5. The number of nitrogen functional groups attached to an aromatic ring is 1. The fraction of sp³-hybridized carbons (Fsp3) is 0.188. The van der Waals surface area contributed by atoms with Crippen LogP contribution >= 0.6 is 15.9 Å². The summed E-state index contributed by atoms with van der Waals surface area (Å²) in [7, 11) is 0. The van der Waals surface area contributed by atoms with E-state index in [9.17, 15) is 24.6 Å². The molecule has 132 valence electrons. The highest BCUT2D eigenvalue weighted by Gasteiger charge is 2.28. The molecule has 0 saturated heterocycles. The van der Waals surface area contributed by atoms with E-state index in [-0.39, 0.29) is 16.9 Å². The van der Waals surface area contributed by atoms with Crippen molar-refractivity contribution in [1.29, 1.82) is 0 Å². The summed E-state index contributed by atoms with van der Waals surface area (Å²) in [4.78, 5) is 37.4. The third-order valence-electron chi connectivity index (χ3n) is 3.35. The van der Waals surface area contributed by atoms with Crippen molar-refractivity contribution in [1.82, 2.24) is 4.98 Å². The predicted molar refractivity (Wildman–Crippen MR) is 94.3 cm³/mol. The third kappa shape index (κ3) is 3.66. The van der Waals surface area contributed by atoms with Crippen LogP contribution in [0.4, 0.5) is 5.82 Å². The van der Waals surface area contributed by atoms with Gasteiger partial charge in [0.15, 0.2) is 0 Å². The monoisotopic (exact) mass is 410 g/mol. The SMILES string of the molecule is CCCOc1cc(Br)ccc1-c1c(C(=O)O)c(N)[nH]c(=O)c1C(=O)O. The van der Waals surface area contributed by atoms with E-state index in [4.69, 9.17) is 10.5 Å². The van der Waals surface area contributed by atoms with Crippen molar-refractivity contribution in [3.8, 4) is 16.9 Å². The molecule has 0 aliphatic rings. The molecule has 0 spiro atoms. The molecule has 5 N–H and O–H groups in total. The summed E-state index contributed by atoms with van der Waals surface area (Å²) >= 11 is 3.28. The molecule has 0 aliphatic carbocycles. The molecule has 0 atom stereocenters. The molecule has 0 fully saturated rings. The Morgan fingerprint density at radius 2 is 1.88 bits per heavy atom. The number of nitrogens with two attached hydrogens (primary N) is 1. The third-order valence-corrected chi connectivity index (χ3v) is 3.84. The van der Waals surface area contributed by atoms with Gasteiger partial charge in [-0.1, -0.05) is 22.9 Å². The zero-order chi connectivity index (χ0) is 18.7. The zero-order valence-electron chi connectivity index (χ0n) is 13.1. The summed E-state index contributed by atoms with van der Waals surface area (Å²) in [6.45, 7) is 2.21. The van der Waals surface area contributed by atoms with Crippen LogP contribution in [0.1, 0.15) is 34.1 Å². The van der Waals surface area contributed by atoms with Crippen molar-refractivity contribution < 1.29 is 24.5 Å². The first-order valence-corrected chi connectivity index (χ1v) is 8.02. The van der Waals surface area contributed by atoms with Gasteiger partial charge < -0.3 is 25.7 Å². The maximum absolute atomic E-state index is 12.1. The van der Waals surface area contributed by atoms with Crippen molar-refractivity contribution in [2.45, 2.75) is 13.3 Å². The highest BCUT2D eigenvalue weighted by molar-refractivity contribution is 9.10. The van der Waals surface area contributed by atoms with Gasteiger partial charge >= 0.3 is 11.9 Å². The molecule has 0 aliphatic heterocycles. The number of carboxylic acids is 2. The number of ether oxygens (including phenoxy) is 1. The Balaban J connectivity index is 2.93. The van der Waals surface area contributed by atoms with Crippen LogP contribution in [0.15, 0.2) is 27.5 Å². The average molecular weight is 411 g/mol. The second kappa shape index (κ2) is 7.39. The molecular formula is C16H15BrN2O6. The topological polar surface area (TPSA) is 143 Å². The number of halogens is 1. The average Bonchev–Trinajstić information content (AvgIpc) is 2.51. The number of nitrogens with one attached hydrogen (secondary N) is 1. The molecule has 0 saturated carbocycles. The van der Waals surface area contributed by atoms with E-state index in [1.165, 1.54) is 6.07 Å². The number of rotatable bonds is 6. The highest BCUT2D eigenvalue weighted by atomic mass is 79.9. The molecule has 0 unspecified atom stereocenters. The van der Waals surface area contributed by atoms with Gasteiger partial charge in [0.1, 0.15) is 22.7 Å². The Hall–Kier alpha value is -2.81. The first kappa shape index (κ1) is 18.5. The first-order valence-electron chi connectivity index (χ1n) is 7.23. The van der Waals surface area contributed by atoms with Gasteiger partial charge in [0.05, 0.1) is 6.61 Å². The molecule has 0 amide bonds. The number of aromatic nitrogens is 1. The van der Waals surface area contributed by atoms with Crippen LogP contribution in [0, 0.1) is 0 Å². The van der Waals surface area contributed by atoms with Gasteiger partial charge in [0.2, 0.25) is 0 Å². The second-order valence-electron chi connectivity index (χ2n) is 5.09. The fourth-order valence-electron chi connectivity index (χ4n) is 2.35. The molecular weight excluding hydrogens is 396 g/mol. The lowest BCUT2D eigenvalue weighted by atomic mass is 9.94. The number of anilines is 1. The van der Waals surface area contributed by atoms with Crippen molar-refractivity contribution >= 4 is 33.7 Å². The number of aromatic carboxylic acids is 2. The number of carboxylic acid groups (broad SMARTS) is 2. The lowest BCUT2D eigenvalue weighted by Gasteiger charge is -2.16. The lowest BCUT2D eigenvalue weighted by Crippen LogP contribution is -2.24. The Kier molecular flexibility index (Phi) is 5.48. The van der Waals surface area contributed by atoms with Gasteiger partial charge in [0, 0.05) is 15.6 Å². The Labute approximate surface area is 150 Å². The minimum absolute atomic E-state index is 0.157. The summed E-state index contributed by atoms with van der Waals surface area (Å²) in [6, 6.07) is 4.63. The number of hydrogen-bond acceptors (Lipinski definition) is 5. The number of aromatic amines is 1. The second-order valence-corrected chi connectivity index (χ2v) is 6.01. The number of benzene rings is 1. The van der Waals surface area contributed by atoms with Gasteiger partial charge in [0.25, 0.3) is 5.56 Å². The van der Waals surface area contributed by atoms with Crippen LogP contribution in [-0.4, -0.2) is 33.7 Å². The van der Waals surface area contributed by atoms with Gasteiger partial charge in [-0.25, -0.2) is 9.59 Å². The summed E-state index contributed by atoms with van der Waals surface area (Å²) in [5.41, 5.74) is 3.29. The van der Waals surface area contributed by atoms with Crippen LogP contribution < -0.4 is 16.0 Å². The Bertz CT molecular complexity index is 906. The minimum Gasteiger partial charge on any atom is -0.493 e. The van der Waals surface area contributed by atoms with E-state index in [1.54, 1.807) is 12.1 Å². The van der Waals surface area contributed by atoms with Crippen molar-refractivity contribution in [2.24, 2.45) is 0 Å². The van der Waals surface area contributed by atoms with E-state index in [2.05, 4.69) is 20.9 Å². The molecule has 2 aromatic rings. The molecule has 0 radical (unpaired) electrons. The van der Waals surface area contributed by atoms with E-state index in [0.717, 1.165) is 0 Å². The highest BCUT2D eigenvalue weighted by Crippen LogP contribution is 2.37. The van der Waals surface area contributed by atoms with Gasteiger partial charge in [-0.3, -0.25) is 4.79 Å². The largest absolute Gasteiger partial charge is 0.493 e. The van der Waals surface area contributed by atoms with E-state index >= 15 is 0 Å².